The van der Waals surface area contributed by atoms with Crippen LogP contribution in [-0.4, -0.2) is 81.3 Å². The first-order valence-electron chi connectivity index (χ1n) is 15.4. The molecular weight excluding hydrogens is 619 g/mol. The van der Waals surface area contributed by atoms with E-state index in [1.54, 1.807) is 6.92 Å². The number of ketones is 4. The molecule has 0 heterocycles. The molecule has 2 fully saturated rings. The second-order valence-corrected chi connectivity index (χ2v) is 13.5. The van der Waals surface area contributed by atoms with Gasteiger partial charge in [0.25, 0.3) is 0 Å². The predicted octanol–water partition coefficient (Wildman–Crippen LogP) is 2.64. The molecule has 0 bridgehead atoms. The molecule has 2 aromatic rings. The third-order valence-electron chi connectivity index (χ3n) is 10.4. The molecule has 2 saturated carbocycles. The van der Waals surface area contributed by atoms with Gasteiger partial charge in [-0.15, -0.1) is 0 Å². The van der Waals surface area contributed by atoms with E-state index in [9.17, 15) is 34.2 Å². The van der Waals surface area contributed by atoms with E-state index in [1.165, 1.54) is 19.0 Å². The highest BCUT2D eigenvalue weighted by atomic mass is 19.4. The number of nitrogens with two attached hydrogens (primary N) is 1. The number of nitrogens with zero attached hydrogens (tertiary/aromatic N) is 2. The fourth-order valence-corrected chi connectivity index (χ4v) is 8.16. The summed E-state index contributed by atoms with van der Waals surface area (Å²) in [6.07, 6.45) is -5.81. The smallest absolute Gasteiger partial charge is 0.417 e. The highest BCUT2D eigenvalue weighted by molar-refractivity contribution is 6.32. The summed E-state index contributed by atoms with van der Waals surface area (Å²) in [6, 6.07) is 8.74. The summed E-state index contributed by atoms with van der Waals surface area (Å²) in [7, 11) is 2.86. The second-order valence-electron chi connectivity index (χ2n) is 13.5. The number of halogens is 3. The van der Waals surface area contributed by atoms with E-state index in [4.69, 9.17) is 5.73 Å². The first kappa shape index (κ1) is 34.4. The van der Waals surface area contributed by atoms with Crippen LogP contribution >= 0.6 is 0 Å². The van der Waals surface area contributed by atoms with Gasteiger partial charge in [0, 0.05) is 18.0 Å². The third-order valence-corrected chi connectivity index (χ3v) is 10.4. The van der Waals surface area contributed by atoms with Gasteiger partial charge in [-0.25, -0.2) is 0 Å². The van der Waals surface area contributed by atoms with Crippen molar-refractivity contribution >= 4 is 29.0 Å². The standard InChI is InChI=1S/C34H38F3N3O7/c1-6-40(32(2,3)18-10-8-7-9-11-18)15-17-14-21(41)23-19(25(17)34(35,36)37)12-16-13-20-26(39(4)5)28(43)24(31(38)46)30(45)33(20,47)29(44)22(16)27(23)42/h7-11,14,16,20,22,24,26,41,47H,6,12-13,15H2,1-5H3,(H2,38,46)/t16-,20-,22?,24?,26-,33-/m0/s1. The average molecular weight is 658 g/mol. The van der Waals surface area contributed by atoms with E-state index in [0.717, 1.165) is 11.6 Å². The fourth-order valence-electron chi connectivity index (χ4n) is 8.16. The molecule has 3 aliphatic carbocycles. The number of primary amides is 1. The van der Waals surface area contributed by atoms with Gasteiger partial charge in [-0.05, 0) is 76.0 Å². The summed E-state index contributed by atoms with van der Waals surface area (Å²) < 4.78 is 45.1. The van der Waals surface area contributed by atoms with Crippen molar-refractivity contribution in [3.8, 4) is 5.75 Å². The number of phenols is 1. The van der Waals surface area contributed by atoms with Crippen molar-refractivity contribution in [3.05, 3.63) is 64.2 Å². The average Bonchev–Trinajstić information content (AvgIpc) is 2.96. The lowest BCUT2D eigenvalue weighted by Crippen LogP contribution is -2.74. The van der Waals surface area contributed by atoms with Crippen LogP contribution in [0.4, 0.5) is 13.2 Å². The molecule has 0 spiro atoms. The number of carbonyl (C=O) groups excluding carboxylic acids is 5. The molecule has 0 aromatic heterocycles. The van der Waals surface area contributed by atoms with Gasteiger partial charge in [-0.1, -0.05) is 37.3 Å². The Morgan fingerprint density at radius 1 is 1.06 bits per heavy atom. The Hall–Kier alpha value is -3.94. The molecule has 0 aliphatic heterocycles. The second kappa shape index (κ2) is 11.6. The summed E-state index contributed by atoms with van der Waals surface area (Å²) in [5, 5.41) is 22.8. The van der Waals surface area contributed by atoms with Crippen molar-refractivity contribution in [3.63, 3.8) is 0 Å². The lowest BCUT2D eigenvalue weighted by atomic mass is 9.52. The lowest BCUT2D eigenvalue weighted by Gasteiger charge is -2.52. The Morgan fingerprint density at radius 3 is 2.21 bits per heavy atom. The molecule has 13 heteroatoms. The number of phenolic OH excluding ortho intramolecular Hbond substituents is 1. The molecule has 0 radical (unpaired) electrons. The molecule has 10 nitrogen and oxygen atoms in total. The number of carbonyl (C=O) groups is 5. The van der Waals surface area contributed by atoms with Crippen LogP contribution in [0.5, 0.6) is 5.75 Å². The number of fused-ring (bicyclic) bond motifs is 3. The normalized spacial score (nSPS) is 27.9. The van der Waals surface area contributed by atoms with Crippen molar-refractivity contribution in [1.82, 2.24) is 9.80 Å². The molecule has 4 N–H and O–H groups in total. The quantitative estimate of drug-likeness (QED) is 0.381. The number of Topliss-reactive ketones (excluding diaryl/α,β-unsaturated/α-hetero) is 4. The number of aliphatic hydroxyl groups is 1. The van der Waals surface area contributed by atoms with Crippen LogP contribution in [0.25, 0.3) is 0 Å². The van der Waals surface area contributed by atoms with Gasteiger partial charge in [0.05, 0.1) is 23.1 Å². The van der Waals surface area contributed by atoms with E-state index in [-0.39, 0.29) is 18.5 Å². The summed E-state index contributed by atoms with van der Waals surface area (Å²) in [4.78, 5) is 70.0. The largest absolute Gasteiger partial charge is 0.507 e. The van der Waals surface area contributed by atoms with Crippen LogP contribution < -0.4 is 5.73 Å². The molecule has 5 rings (SSSR count). The first-order valence-corrected chi connectivity index (χ1v) is 15.4. The van der Waals surface area contributed by atoms with Crippen molar-refractivity contribution < 1.29 is 47.4 Å². The maximum absolute atomic E-state index is 15.0. The molecule has 3 aliphatic rings. The number of amides is 1. The third kappa shape index (κ3) is 5.19. The zero-order chi connectivity index (χ0) is 35.0. The molecule has 0 saturated heterocycles. The van der Waals surface area contributed by atoms with Crippen LogP contribution in [-0.2, 0) is 43.9 Å². The lowest BCUT2D eigenvalue weighted by molar-refractivity contribution is -0.181. The van der Waals surface area contributed by atoms with Gasteiger partial charge < -0.3 is 15.9 Å². The summed E-state index contributed by atoms with van der Waals surface area (Å²) in [5.74, 6) is -13.5. The topological polar surface area (TPSA) is 158 Å². The van der Waals surface area contributed by atoms with E-state index in [1.807, 2.05) is 49.1 Å². The Morgan fingerprint density at radius 2 is 1.68 bits per heavy atom. The van der Waals surface area contributed by atoms with Crippen LogP contribution in [0.3, 0.4) is 0 Å². The summed E-state index contributed by atoms with van der Waals surface area (Å²) in [6.45, 7) is 5.65. The van der Waals surface area contributed by atoms with Crippen LogP contribution in [0.15, 0.2) is 36.4 Å². The molecule has 6 atom stereocenters. The minimum Gasteiger partial charge on any atom is -0.507 e. The van der Waals surface area contributed by atoms with Gasteiger partial charge in [-0.2, -0.15) is 13.2 Å². The number of likely N-dealkylation sites (N-methyl/N-ethyl adjacent to an activating group) is 1. The van der Waals surface area contributed by atoms with Crippen molar-refractivity contribution in [2.45, 2.75) is 63.5 Å². The van der Waals surface area contributed by atoms with Gasteiger partial charge in [0.2, 0.25) is 5.91 Å². The number of benzene rings is 2. The SMILES string of the molecule is CCN(Cc1cc(O)c2c(c1C(F)(F)F)C[C@H]1C[C@H]3[C@H](N(C)C)C(=O)C(C(N)=O)C(=O)[C@@]3(O)C(=O)C1C2=O)C(C)(C)c1ccccc1. The molecule has 1 amide bonds. The zero-order valence-corrected chi connectivity index (χ0v) is 26.7. The van der Waals surface area contributed by atoms with Crippen LogP contribution in [0.1, 0.15) is 59.8 Å². The van der Waals surface area contributed by atoms with E-state index < -0.39 is 105 Å². The van der Waals surface area contributed by atoms with Crippen molar-refractivity contribution in [1.29, 1.82) is 0 Å². The van der Waals surface area contributed by atoms with Crippen LogP contribution in [0.2, 0.25) is 0 Å². The van der Waals surface area contributed by atoms with E-state index in [0.29, 0.717) is 6.54 Å². The van der Waals surface area contributed by atoms with Crippen molar-refractivity contribution in [2.24, 2.45) is 29.4 Å². The minimum atomic E-state index is -4.96. The predicted molar refractivity (Wildman–Crippen MR) is 162 cm³/mol. The number of alkyl halides is 3. The van der Waals surface area contributed by atoms with E-state index in [2.05, 4.69) is 0 Å². The Bertz CT molecular complexity index is 1670. The monoisotopic (exact) mass is 657 g/mol. The number of hydrogen-bond donors (Lipinski definition) is 3. The number of aromatic hydroxyl groups is 1. The van der Waals surface area contributed by atoms with Crippen molar-refractivity contribution in [2.75, 3.05) is 20.6 Å². The van der Waals surface area contributed by atoms with Gasteiger partial charge >= 0.3 is 6.18 Å². The molecule has 47 heavy (non-hydrogen) atoms. The Kier molecular flexibility index (Phi) is 8.52. The summed E-state index contributed by atoms with van der Waals surface area (Å²) in [5.41, 5.74) is -0.0457. The minimum absolute atomic E-state index is 0.238. The first-order chi connectivity index (χ1) is 21.8. The zero-order valence-electron chi connectivity index (χ0n) is 26.7. The molecular formula is C34H38F3N3O7. The Balaban J connectivity index is 1.64. The number of rotatable bonds is 7. The van der Waals surface area contributed by atoms with Crippen LogP contribution in [0, 0.1) is 23.7 Å². The molecule has 252 valence electrons. The molecule has 2 aromatic carbocycles. The Labute approximate surface area is 269 Å². The van der Waals surface area contributed by atoms with Gasteiger partial charge in [0.1, 0.15) is 5.75 Å². The van der Waals surface area contributed by atoms with E-state index >= 15 is 13.2 Å². The highest BCUT2D eigenvalue weighted by Gasteiger charge is 2.69. The maximum Gasteiger partial charge on any atom is 0.417 e. The number of hydrogen-bond acceptors (Lipinski definition) is 9. The maximum atomic E-state index is 15.0. The highest BCUT2D eigenvalue weighted by Crippen LogP contribution is 2.53. The molecule has 2 unspecified atom stereocenters. The van der Waals surface area contributed by atoms with Gasteiger partial charge in [0.15, 0.2) is 34.7 Å². The fraction of sp³-hybridized carbons (Fsp3) is 0.500. The summed E-state index contributed by atoms with van der Waals surface area (Å²) >= 11 is 0. The van der Waals surface area contributed by atoms with Gasteiger partial charge in [-0.3, -0.25) is 33.8 Å².